The van der Waals surface area contributed by atoms with Crippen molar-refractivity contribution in [2.45, 2.75) is 19.5 Å². The lowest BCUT2D eigenvalue weighted by molar-refractivity contribution is -0.0500. The highest BCUT2D eigenvalue weighted by Crippen LogP contribution is 2.17. The van der Waals surface area contributed by atoms with E-state index in [2.05, 4.69) is 9.72 Å². The molecule has 1 amide bonds. The summed E-state index contributed by atoms with van der Waals surface area (Å²) in [6.45, 7) is -1.12. The number of ether oxygens (including phenoxy) is 1. The molecule has 1 aliphatic heterocycles. The van der Waals surface area contributed by atoms with E-state index in [4.69, 9.17) is 0 Å². The van der Waals surface area contributed by atoms with Crippen LogP contribution in [0.2, 0.25) is 0 Å². The van der Waals surface area contributed by atoms with E-state index in [9.17, 15) is 22.4 Å². The molecular formula is C14H17F4N3O2. The van der Waals surface area contributed by atoms with Gasteiger partial charge in [0.2, 0.25) is 0 Å². The van der Waals surface area contributed by atoms with Gasteiger partial charge in [0.15, 0.2) is 0 Å². The fourth-order valence-corrected chi connectivity index (χ4v) is 2.34. The Morgan fingerprint density at radius 3 is 2.43 bits per heavy atom. The number of pyridine rings is 1. The van der Waals surface area contributed by atoms with Gasteiger partial charge in [-0.15, -0.1) is 0 Å². The highest BCUT2D eigenvalue weighted by atomic mass is 19.3. The molecule has 1 aromatic rings. The Morgan fingerprint density at radius 2 is 1.96 bits per heavy atom. The molecule has 0 spiro atoms. The number of hydrogen-bond donors (Lipinski definition) is 0. The summed E-state index contributed by atoms with van der Waals surface area (Å²) in [5.74, 6) is -3.27. The van der Waals surface area contributed by atoms with E-state index in [0.717, 1.165) is 13.1 Å². The third kappa shape index (κ3) is 5.34. The first-order chi connectivity index (χ1) is 10.7. The number of rotatable bonds is 5. The number of carbonyl (C=O) groups excluding carboxylic acids is 1. The highest BCUT2D eigenvalue weighted by Gasteiger charge is 2.29. The minimum atomic E-state index is -2.96. The first kappa shape index (κ1) is 17.5. The number of halogens is 4. The number of aromatic nitrogens is 1. The molecule has 23 heavy (non-hydrogen) atoms. The summed E-state index contributed by atoms with van der Waals surface area (Å²) in [5, 5.41) is 0. The lowest BCUT2D eigenvalue weighted by Gasteiger charge is -2.35. The van der Waals surface area contributed by atoms with Crippen LogP contribution in [0.25, 0.3) is 0 Å². The minimum absolute atomic E-state index is 0.0980. The van der Waals surface area contributed by atoms with E-state index in [-0.39, 0.29) is 23.9 Å². The molecule has 0 aliphatic carbocycles. The van der Waals surface area contributed by atoms with Gasteiger partial charge >= 0.3 is 6.61 Å². The topological polar surface area (TPSA) is 45.7 Å². The van der Waals surface area contributed by atoms with Gasteiger partial charge in [-0.2, -0.15) is 8.78 Å². The fourth-order valence-electron chi connectivity index (χ4n) is 2.34. The SMILES string of the molecule is CC(F)(F)CN1CCN(C(=O)c2ccc(OC(F)F)cn2)CC1. The molecule has 2 heterocycles. The quantitative estimate of drug-likeness (QED) is 0.773. The maximum Gasteiger partial charge on any atom is 0.387 e. The average Bonchev–Trinajstić information content (AvgIpc) is 2.46. The monoisotopic (exact) mass is 335 g/mol. The molecule has 0 bridgehead atoms. The van der Waals surface area contributed by atoms with Crippen LogP contribution < -0.4 is 4.74 Å². The van der Waals surface area contributed by atoms with Crippen molar-refractivity contribution in [1.82, 2.24) is 14.8 Å². The van der Waals surface area contributed by atoms with E-state index in [0.29, 0.717) is 26.2 Å². The molecule has 0 atom stereocenters. The smallest absolute Gasteiger partial charge is 0.387 e. The normalized spacial score (nSPS) is 16.7. The zero-order valence-corrected chi connectivity index (χ0v) is 12.5. The van der Waals surface area contributed by atoms with E-state index in [1.165, 1.54) is 17.0 Å². The number of alkyl halides is 4. The number of amides is 1. The second-order valence-electron chi connectivity index (χ2n) is 5.40. The van der Waals surface area contributed by atoms with Crippen LogP contribution in [0.3, 0.4) is 0 Å². The molecule has 1 aliphatic rings. The van der Waals surface area contributed by atoms with Crippen molar-refractivity contribution in [2.24, 2.45) is 0 Å². The number of nitrogens with zero attached hydrogens (tertiary/aromatic N) is 3. The number of hydrogen-bond acceptors (Lipinski definition) is 4. The zero-order chi connectivity index (χ0) is 17.0. The summed E-state index contributed by atoms with van der Waals surface area (Å²) in [5.41, 5.74) is 0.0980. The molecule has 128 valence electrons. The predicted molar refractivity (Wildman–Crippen MR) is 73.8 cm³/mol. The standard InChI is InChI=1S/C14H17F4N3O2/c1-14(17,18)9-20-4-6-21(7-5-20)12(22)11-3-2-10(8-19-11)23-13(15)16/h2-3,8,13H,4-7,9H2,1H3. The van der Waals surface area contributed by atoms with Gasteiger partial charge in [-0.25, -0.2) is 13.8 Å². The van der Waals surface area contributed by atoms with E-state index in [1.54, 1.807) is 4.90 Å². The van der Waals surface area contributed by atoms with Crippen LogP contribution in [0.1, 0.15) is 17.4 Å². The number of carbonyl (C=O) groups is 1. The maximum absolute atomic E-state index is 13.0. The molecule has 2 rings (SSSR count). The van der Waals surface area contributed by atoms with Gasteiger partial charge in [0, 0.05) is 33.1 Å². The summed E-state index contributed by atoms with van der Waals surface area (Å²) < 4.78 is 54.2. The molecule has 0 radical (unpaired) electrons. The second-order valence-corrected chi connectivity index (χ2v) is 5.40. The summed E-state index contributed by atoms with van der Waals surface area (Å²) in [6, 6.07) is 2.53. The van der Waals surface area contributed by atoms with Crippen LogP contribution in [0, 0.1) is 0 Å². The molecule has 1 saturated heterocycles. The molecule has 1 aromatic heterocycles. The van der Waals surface area contributed by atoms with Gasteiger partial charge in [-0.05, 0) is 12.1 Å². The molecular weight excluding hydrogens is 318 g/mol. The van der Waals surface area contributed by atoms with Gasteiger partial charge < -0.3 is 9.64 Å². The van der Waals surface area contributed by atoms with Crippen molar-refractivity contribution < 1.29 is 27.1 Å². The van der Waals surface area contributed by atoms with Crippen LogP contribution in [0.5, 0.6) is 5.75 Å². The number of piperazine rings is 1. The van der Waals surface area contributed by atoms with Gasteiger partial charge in [0.25, 0.3) is 11.8 Å². The Bertz CT molecular complexity index is 526. The second kappa shape index (κ2) is 7.12. The van der Waals surface area contributed by atoms with Crippen molar-refractivity contribution >= 4 is 5.91 Å². The van der Waals surface area contributed by atoms with Gasteiger partial charge in [-0.1, -0.05) is 0 Å². The molecule has 9 heteroatoms. The van der Waals surface area contributed by atoms with Crippen molar-refractivity contribution in [3.63, 3.8) is 0 Å². The van der Waals surface area contributed by atoms with Crippen molar-refractivity contribution in [1.29, 1.82) is 0 Å². The van der Waals surface area contributed by atoms with Crippen molar-refractivity contribution in [3.05, 3.63) is 24.0 Å². The third-order valence-corrected chi connectivity index (χ3v) is 3.34. The Balaban J connectivity index is 1.89. The predicted octanol–water partition coefficient (Wildman–Crippen LogP) is 2.10. The highest BCUT2D eigenvalue weighted by molar-refractivity contribution is 5.92. The minimum Gasteiger partial charge on any atom is -0.433 e. The van der Waals surface area contributed by atoms with Crippen LogP contribution >= 0.6 is 0 Å². The molecule has 0 saturated carbocycles. The van der Waals surface area contributed by atoms with Crippen LogP contribution in [-0.4, -0.2) is 65.9 Å². The Labute approximate surface area is 130 Å². The van der Waals surface area contributed by atoms with Crippen molar-refractivity contribution in [3.8, 4) is 5.75 Å². The van der Waals surface area contributed by atoms with Crippen LogP contribution in [0.15, 0.2) is 18.3 Å². The van der Waals surface area contributed by atoms with Crippen molar-refractivity contribution in [2.75, 3.05) is 32.7 Å². The summed E-state index contributed by atoms with van der Waals surface area (Å²) in [4.78, 5) is 19.1. The Morgan fingerprint density at radius 1 is 1.30 bits per heavy atom. The van der Waals surface area contributed by atoms with Crippen LogP contribution in [0.4, 0.5) is 17.6 Å². The Hall–Kier alpha value is -1.90. The molecule has 0 unspecified atom stereocenters. The summed E-state index contributed by atoms with van der Waals surface area (Å²) >= 11 is 0. The molecule has 0 aromatic carbocycles. The first-order valence-corrected chi connectivity index (χ1v) is 7.05. The lowest BCUT2D eigenvalue weighted by Crippen LogP contribution is -2.51. The molecule has 0 N–H and O–H groups in total. The average molecular weight is 335 g/mol. The molecule has 5 nitrogen and oxygen atoms in total. The maximum atomic E-state index is 13.0. The zero-order valence-electron chi connectivity index (χ0n) is 12.5. The van der Waals surface area contributed by atoms with Gasteiger partial charge in [0.1, 0.15) is 11.4 Å². The van der Waals surface area contributed by atoms with Gasteiger partial charge in [0.05, 0.1) is 12.7 Å². The van der Waals surface area contributed by atoms with Crippen LogP contribution in [-0.2, 0) is 0 Å². The first-order valence-electron chi connectivity index (χ1n) is 7.05. The fraction of sp³-hybridized carbons (Fsp3) is 0.571. The summed E-state index contributed by atoms with van der Waals surface area (Å²) in [7, 11) is 0. The van der Waals surface area contributed by atoms with E-state index in [1.807, 2.05) is 0 Å². The summed E-state index contributed by atoms with van der Waals surface area (Å²) in [6.07, 6.45) is 1.05. The van der Waals surface area contributed by atoms with E-state index < -0.39 is 12.5 Å². The molecule has 1 fully saturated rings. The third-order valence-electron chi connectivity index (χ3n) is 3.34. The van der Waals surface area contributed by atoms with Gasteiger partial charge in [-0.3, -0.25) is 9.69 Å². The lowest BCUT2D eigenvalue weighted by atomic mass is 10.2. The Kier molecular flexibility index (Phi) is 5.40. The van der Waals surface area contributed by atoms with E-state index >= 15 is 0 Å². The largest absolute Gasteiger partial charge is 0.433 e.